The van der Waals surface area contributed by atoms with E-state index >= 15 is 0 Å². The van der Waals surface area contributed by atoms with Crippen LogP contribution in [0.5, 0.6) is 0 Å². The van der Waals surface area contributed by atoms with Crippen molar-refractivity contribution < 1.29 is 9.21 Å². The molecule has 3 rings (SSSR count). The first kappa shape index (κ1) is 8.97. The molecular weight excluding hydrogens is 202 g/mol. The molecule has 0 radical (unpaired) electrons. The van der Waals surface area contributed by atoms with Crippen LogP contribution in [0.4, 0.5) is 0 Å². The fraction of sp³-hybridized carbons (Fsp3) is 0. The molecule has 0 saturated carbocycles. The van der Waals surface area contributed by atoms with Gasteiger partial charge in [-0.3, -0.25) is 4.79 Å². The molecule has 78 valence electrons. The van der Waals surface area contributed by atoms with E-state index in [1.165, 1.54) is 0 Å². The highest BCUT2D eigenvalue weighted by Gasteiger charge is 2.05. The summed E-state index contributed by atoms with van der Waals surface area (Å²) in [6.07, 6.45) is 4.21. The van der Waals surface area contributed by atoms with Crippen molar-refractivity contribution in [2.75, 3.05) is 0 Å². The van der Waals surface area contributed by atoms with Crippen LogP contribution in [-0.2, 0) is 0 Å². The van der Waals surface area contributed by atoms with Gasteiger partial charge in [0, 0.05) is 28.2 Å². The van der Waals surface area contributed by atoms with E-state index in [1.54, 1.807) is 12.5 Å². The summed E-state index contributed by atoms with van der Waals surface area (Å²) in [5, 5.41) is 0.935. The molecule has 0 aliphatic heterocycles. The molecule has 0 atom stereocenters. The van der Waals surface area contributed by atoms with Crippen molar-refractivity contribution in [3.8, 4) is 11.3 Å². The van der Waals surface area contributed by atoms with Crippen molar-refractivity contribution in [3.63, 3.8) is 0 Å². The summed E-state index contributed by atoms with van der Waals surface area (Å²) in [5.41, 5.74) is 2.62. The molecule has 0 fully saturated rings. The predicted octanol–water partition coefficient (Wildman–Crippen LogP) is 3.24. The molecule has 0 bridgehead atoms. The molecule has 0 saturated heterocycles. The van der Waals surface area contributed by atoms with E-state index in [2.05, 4.69) is 4.98 Å². The van der Waals surface area contributed by atoms with Crippen LogP contribution in [0.1, 0.15) is 10.4 Å². The molecule has 0 spiro atoms. The van der Waals surface area contributed by atoms with E-state index in [0.29, 0.717) is 5.56 Å². The minimum Gasteiger partial charge on any atom is -0.464 e. The Hall–Kier alpha value is -2.29. The Morgan fingerprint density at radius 3 is 2.94 bits per heavy atom. The number of rotatable bonds is 2. The van der Waals surface area contributed by atoms with E-state index in [0.717, 1.165) is 28.5 Å². The van der Waals surface area contributed by atoms with Crippen molar-refractivity contribution >= 4 is 17.2 Å². The lowest BCUT2D eigenvalue weighted by Crippen LogP contribution is -1.76. The fourth-order valence-electron chi connectivity index (χ4n) is 1.84. The lowest BCUT2D eigenvalue weighted by Gasteiger charge is -1.97. The quantitative estimate of drug-likeness (QED) is 0.661. The number of carbonyl (C=O) groups is 1. The molecule has 0 unspecified atom stereocenters. The fourth-order valence-corrected chi connectivity index (χ4v) is 1.84. The van der Waals surface area contributed by atoms with Gasteiger partial charge in [-0.25, -0.2) is 0 Å². The lowest BCUT2D eigenvalue weighted by molar-refractivity contribution is 0.112. The standard InChI is InChI=1S/C13H9NO2/c15-8-10-7-14-12-6-9(3-4-11(10)12)13-2-1-5-16-13/h1-8,14H. The maximum atomic E-state index is 10.8. The Balaban J connectivity index is 2.21. The third-order valence-electron chi connectivity index (χ3n) is 2.65. The van der Waals surface area contributed by atoms with Gasteiger partial charge in [-0.15, -0.1) is 0 Å². The van der Waals surface area contributed by atoms with Crippen LogP contribution in [0.15, 0.2) is 47.2 Å². The number of aromatic nitrogens is 1. The van der Waals surface area contributed by atoms with Gasteiger partial charge in [0.05, 0.1) is 6.26 Å². The summed E-state index contributed by atoms with van der Waals surface area (Å²) in [6, 6.07) is 9.60. The second-order valence-electron chi connectivity index (χ2n) is 3.60. The maximum absolute atomic E-state index is 10.8. The molecular formula is C13H9NO2. The molecule has 3 nitrogen and oxygen atoms in total. The first-order chi connectivity index (χ1) is 7.88. The van der Waals surface area contributed by atoms with Gasteiger partial charge in [0.15, 0.2) is 6.29 Å². The Morgan fingerprint density at radius 1 is 1.25 bits per heavy atom. The van der Waals surface area contributed by atoms with Crippen LogP contribution in [0.3, 0.4) is 0 Å². The number of aldehydes is 1. The molecule has 16 heavy (non-hydrogen) atoms. The van der Waals surface area contributed by atoms with Gasteiger partial charge in [-0.2, -0.15) is 0 Å². The largest absolute Gasteiger partial charge is 0.464 e. The third-order valence-corrected chi connectivity index (χ3v) is 2.65. The summed E-state index contributed by atoms with van der Waals surface area (Å²) >= 11 is 0. The van der Waals surface area contributed by atoms with Gasteiger partial charge in [-0.05, 0) is 18.2 Å². The van der Waals surface area contributed by atoms with Gasteiger partial charge in [-0.1, -0.05) is 12.1 Å². The van der Waals surface area contributed by atoms with E-state index < -0.39 is 0 Å². The van der Waals surface area contributed by atoms with Crippen molar-refractivity contribution in [1.82, 2.24) is 4.98 Å². The summed E-state index contributed by atoms with van der Waals surface area (Å²) in [6.45, 7) is 0. The van der Waals surface area contributed by atoms with Crippen LogP contribution in [0.25, 0.3) is 22.2 Å². The highest BCUT2D eigenvalue weighted by Crippen LogP contribution is 2.25. The molecule has 0 aliphatic rings. The molecule has 3 aromatic rings. The zero-order valence-electron chi connectivity index (χ0n) is 8.44. The minimum absolute atomic E-state index is 0.681. The number of nitrogens with one attached hydrogen (secondary N) is 1. The van der Waals surface area contributed by atoms with Crippen LogP contribution < -0.4 is 0 Å². The zero-order chi connectivity index (χ0) is 11.0. The second kappa shape index (κ2) is 3.38. The van der Waals surface area contributed by atoms with E-state index in [1.807, 2.05) is 30.3 Å². The summed E-state index contributed by atoms with van der Waals surface area (Å²) < 4.78 is 5.32. The molecule has 0 aliphatic carbocycles. The average molecular weight is 211 g/mol. The van der Waals surface area contributed by atoms with Gasteiger partial charge in [0.25, 0.3) is 0 Å². The number of aromatic amines is 1. The van der Waals surface area contributed by atoms with Gasteiger partial charge >= 0.3 is 0 Å². The molecule has 3 heteroatoms. The Morgan fingerprint density at radius 2 is 2.19 bits per heavy atom. The van der Waals surface area contributed by atoms with Gasteiger partial charge in [0.1, 0.15) is 5.76 Å². The molecule has 2 aromatic heterocycles. The lowest BCUT2D eigenvalue weighted by atomic mass is 10.1. The Bertz CT molecular complexity index is 635. The highest BCUT2D eigenvalue weighted by molar-refractivity contribution is 5.98. The first-order valence-corrected chi connectivity index (χ1v) is 4.98. The number of hydrogen-bond donors (Lipinski definition) is 1. The first-order valence-electron chi connectivity index (χ1n) is 4.98. The summed E-state index contributed by atoms with van der Waals surface area (Å²) in [4.78, 5) is 13.8. The van der Waals surface area contributed by atoms with Crippen LogP contribution in [-0.4, -0.2) is 11.3 Å². The number of fused-ring (bicyclic) bond motifs is 1. The van der Waals surface area contributed by atoms with Crippen molar-refractivity contribution in [3.05, 3.63) is 48.4 Å². The van der Waals surface area contributed by atoms with Gasteiger partial charge in [0.2, 0.25) is 0 Å². The predicted molar refractivity (Wildman–Crippen MR) is 61.4 cm³/mol. The smallest absolute Gasteiger partial charge is 0.152 e. The van der Waals surface area contributed by atoms with E-state index in [-0.39, 0.29) is 0 Å². The number of furan rings is 1. The maximum Gasteiger partial charge on any atom is 0.152 e. The molecule has 2 heterocycles. The van der Waals surface area contributed by atoms with Crippen LogP contribution in [0, 0.1) is 0 Å². The number of H-pyrrole nitrogens is 1. The highest BCUT2D eigenvalue weighted by atomic mass is 16.3. The molecule has 1 N–H and O–H groups in total. The normalized spacial score (nSPS) is 10.8. The van der Waals surface area contributed by atoms with Gasteiger partial charge < -0.3 is 9.40 Å². The summed E-state index contributed by atoms with van der Waals surface area (Å²) in [7, 11) is 0. The van der Waals surface area contributed by atoms with Crippen molar-refractivity contribution in [2.24, 2.45) is 0 Å². The Kier molecular flexibility index (Phi) is 1.90. The zero-order valence-corrected chi connectivity index (χ0v) is 8.44. The minimum atomic E-state index is 0.681. The average Bonchev–Trinajstić information content (AvgIpc) is 2.97. The molecule has 0 amide bonds. The number of benzene rings is 1. The summed E-state index contributed by atoms with van der Waals surface area (Å²) in [5.74, 6) is 0.823. The SMILES string of the molecule is O=Cc1c[nH]c2cc(-c3ccco3)ccc12. The van der Waals surface area contributed by atoms with Crippen molar-refractivity contribution in [1.29, 1.82) is 0 Å². The van der Waals surface area contributed by atoms with Crippen molar-refractivity contribution in [2.45, 2.75) is 0 Å². The second-order valence-corrected chi connectivity index (χ2v) is 3.60. The van der Waals surface area contributed by atoms with Crippen LogP contribution in [0.2, 0.25) is 0 Å². The topological polar surface area (TPSA) is 46.0 Å². The van der Waals surface area contributed by atoms with E-state index in [4.69, 9.17) is 4.42 Å². The van der Waals surface area contributed by atoms with E-state index in [9.17, 15) is 4.79 Å². The number of carbonyl (C=O) groups excluding carboxylic acids is 1. The third kappa shape index (κ3) is 1.26. The molecule has 1 aromatic carbocycles. The Labute approximate surface area is 91.7 Å². The van der Waals surface area contributed by atoms with Crippen LogP contribution >= 0.6 is 0 Å². The number of hydrogen-bond acceptors (Lipinski definition) is 2. The monoisotopic (exact) mass is 211 g/mol.